The lowest BCUT2D eigenvalue weighted by atomic mass is 9.92. The van der Waals surface area contributed by atoms with Gasteiger partial charge in [0, 0.05) is 27.1 Å². The van der Waals surface area contributed by atoms with E-state index in [0.717, 1.165) is 66.5 Å². The van der Waals surface area contributed by atoms with Crippen molar-refractivity contribution in [3.63, 3.8) is 0 Å². The van der Waals surface area contributed by atoms with E-state index < -0.39 is 0 Å². The quantitative estimate of drug-likeness (QED) is 0.181. The summed E-state index contributed by atoms with van der Waals surface area (Å²) in [5, 5.41) is 24.4. The van der Waals surface area contributed by atoms with Gasteiger partial charge in [-0.1, -0.05) is 91.0 Å². The number of nitrogens with zero attached hydrogens (tertiary/aromatic N) is 5. The molecule has 0 amide bonds. The molecular formula is C45H25N5. The van der Waals surface area contributed by atoms with E-state index in [2.05, 4.69) is 105 Å². The standard InChI is InChI=1S/C45H25N5/c1-48-32-21-22-33(38(26-32)36-12-4-8-16-42(36)49-40-14-6-2-10-34(40)35-11-3-7-15-41(35)49)30-19-20-31(28-47)45(25-30)50-43-17-9-5-13-37(43)39-24-29(27-46)18-23-44(39)50/h2-26H. The van der Waals surface area contributed by atoms with Crippen molar-refractivity contribution in [2.24, 2.45) is 0 Å². The van der Waals surface area contributed by atoms with Crippen LogP contribution in [0.5, 0.6) is 0 Å². The van der Waals surface area contributed by atoms with Crippen LogP contribution < -0.4 is 0 Å². The third-order valence-electron chi connectivity index (χ3n) is 9.62. The van der Waals surface area contributed by atoms with E-state index in [1.807, 2.05) is 72.8 Å². The first-order valence-corrected chi connectivity index (χ1v) is 16.3. The first-order valence-electron chi connectivity index (χ1n) is 16.3. The van der Waals surface area contributed by atoms with E-state index in [1.54, 1.807) is 0 Å². The predicted octanol–water partition coefficient (Wildman–Crippen LogP) is 11.5. The summed E-state index contributed by atoms with van der Waals surface area (Å²) < 4.78 is 4.43. The van der Waals surface area contributed by atoms with Crippen molar-refractivity contribution in [2.45, 2.75) is 0 Å². The molecule has 0 N–H and O–H groups in total. The molecule has 2 heterocycles. The van der Waals surface area contributed by atoms with E-state index in [0.29, 0.717) is 16.8 Å². The number of hydrogen-bond acceptors (Lipinski definition) is 2. The Morgan fingerprint density at radius 3 is 1.72 bits per heavy atom. The maximum atomic E-state index is 10.4. The molecule has 0 aliphatic rings. The van der Waals surface area contributed by atoms with Crippen LogP contribution in [-0.4, -0.2) is 9.13 Å². The Morgan fingerprint density at radius 1 is 0.460 bits per heavy atom. The topological polar surface area (TPSA) is 61.8 Å². The highest BCUT2D eigenvalue weighted by Gasteiger charge is 2.20. The highest BCUT2D eigenvalue weighted by atomic mass is 15.0. The zero-order chi connectivity index (χ0) is 33.8. The second-order valence-electron chi connectivity index (χ2n) is 12.3. The lowest BCUT2D eigenvalue weighted by molar-refractivity contribution is 1.17. The Kier molecular flexibility index (Phi) is 6.56. The van der Waals surface area contributed by atoms with E-state index >= 15 is 0 Å². The van der Waals surface area contributed by atoms with Gasteiger partial charge < -0.3 is 9.13 Å². The van der Waals surface area contributed by atoms with E-state index in [4.69, 9.17) is 6.57 Å². The molecule has 0 saturated heterocycles. The third kappa shape index (κ3) is 4.31. The lowest BCUT2D eigenvalue weighted by Gasteiger charge is -2.18. The Balaban J connectivity index is 1.31. The summed E-state index contributed by atoms with van der Waals surface area (Å²) in [6, 6.07) is 55.5. The zero-order valence-electron chi connectivity index (χ0n) is 26.7. The molecule has 0 aliphatic carbocycles. The summed E-state index contributed by atoms with van der Waals surface area (Å²) in [6.07, 6.45) is 0. The lowest BCUT2D eigenvalue weighted by Crippen LogP contribution is -2.00. The first-order chi connectivity index (χ1) is 24.7. The molecule has 230 valence electrons. The predicted molar refractivity (Wildman–Crippen MR) is 202 cm³/mol. The molecule has 0 spiro atoms. The van der Waals surface area contributed by atoms with Gasteiger partial charge in [-0.2, -0.15) is 10.5 Å². The van der Waals surface area contributed by atoms with Crippen molar-refractivity contribution in [2.75, 3.05) is 0 Å². The van der Waals surface area contributed by atoms with Gasteiger partial charge in [0.25, 0.3) is 0 Å². The average Bonchev–Trinajstić information content (AvgIpc) is 3.70. The average molecular weight is 636 g/mol. The number of hydrogen-bond donors (Lipinski definition) is 0. The van der Waals surface area contributed by atoms with Gasteiger partial charge in [-0.15, -0.1) is 0 Å². The van der Waals surface area contributed by atoms with Crippen molar-refractivity contribution >= 4 is 49.3 Å². The fraction of sp³-hybridized carbons (Fsp3) is 0. The molecule has 7 aromatic carbocycles. The highest BCUT2D eigenvalue weighted by Crippen LogP contribution is 2.42. The van der Waals surface area contributed by atoms with E-state index in [9.17, 15) is 10.5 Å². The van der Waals surface area contributed by atoms with Crippen molar-refractivity contribution in [1.82, 2.24) is 9.13 Å². The fourth-order valence-electron chi connectivity index (χ4n) is 7.44. The van der Waals surface area contributed by atoms with Crippen molar-refractivity contribution in [1.29, 1.82) is 10.5 Å². The normalized spacial score (nSPS) is 11.1. The maximum Gasteiger partial charge on any atom is 0.187 e. The monoisotopic (exact) mass is 635 g/mol. The van der Waals surface area contributed by atoms with Crippen LogP contribution in [0.2, 0.25) is 0 Å². The van der Waals surface area contributed by atoms with Gasteiger partial charge in [0.1, 0.15) is 6.07 Å². The summed E-state index contributed by atoms with van der Waals surface area (Å²) in [4.78, 5) is 3.82. The van der Waals surface area contributed by atoms with Crippen LogP contribution >= 0.6 is 0 Å². The molecule has 0 radical (unpaired) electrons. The summed E-state index contributed by atoms with van der Waals surface area (Å²) in [7, 11) is 0. The maximum absolute atomic E-state index is 10.4. The van der Waals surface area contributed by atoms with Gasteiger partial charge >= 0.3 is 0 Å². The van der Waals surface area contributed by atoms with Crippen molar-refractivity contribution < 1.29 is 0 Å². The Labute approximate surface area is 288 Å². The zero-order valence-corrected chi connectivity index (χ0v) is 26.7. The SMILES string of the molecule is [C-]#[N+]c1ccc(-c2ccc(C#N)c(-n3c4ccccc4c4cc(C#N)ccc43)c2)c(-c2ccccc2-n2c3ccccc3c3ccccc32)c1. The Bertz CT molecular complexity index is 2920. The summed E-state index contributed by atoms with van der Waals surface area (Å²) in [5.74, 6) is 0. The Morgan fingerprint density at radius 2 is 1.06 bits per heavy atom. The molecule has 0 aliphatic heterocycles. The molecular weight excluding hydrogens is 611 g/mol. The molecule has 9 rings (SSSR count). The van der Waals surface area contributed by atoms with Crippen LogP contribution in [-0.2, 0) is 0 Å². The van der Waals surface area contributed by atoms with Gasteiger partial charge in [-0.3, -0.25) is 0 Å². The summed E-state index contributed by atoms with van der Waals surface area (Å²) in [6.45, 7) is 7.91. The number of para-hydroxylation sites is 4. The number of nitriles is 2. The van der Waals surface area contributed by atoms with Crippen LogP contribution in [0.1, 0.15) is 11.1 Å². The molecule has 5 heteroatoms. The molecule has 9 aromatic rings. The second-order valence-corrected chi connectivity index (χ2v) is 12.3. The van der Waals surface area contributed by atoms with Crippen LogP contribution in [0.4, 0.5) is 5.69 Å². The van der Waals surface area contributed by atoms with Crippen LogP contribution in [0.25, 0.3) is 82.1 Å². The second kappa shape index (κ2) is 11.4. The molecule has 5 nitrogen and oxygen atoms in total. The van der Waals surface area contributed by atoms with Gasteiger partial charge in [-0.25, -0.2) is 4.85 Å². The van der Waals surface area contributed by atoms with Gasteiger partial charge in [0.05, 0.1) is 57.2 Å². The smallest absolute Gasteiger partial charge is 0.187 e. The molecule has 50 heavy (non-hydrogen) atoms. The number of rotatable bonds is 4. The van der Waals surface area contributed by atoms with Crippen molar-refractivity contribution in [3.05, 3.63) is 174 Å². The minimum absolute atomic E-state index is 0.533. The third-order valence-corrected chi connectivity index (χ3v) is 9.62. The van der Waals surface area contributed by atoms with E-state index in [-0.39, 0.29) is 0 Å². The minimum atomic E-state index is 0.533. The molecule has 0 fully saturated rings. The van der Waals surface area contributed by atoms with Crippen LogP contribution in [0.15, 0.2) is 152 Å². The molecule has 0 saturated carbocycles. The number of aromatic nitrogens is 2. The fourth-order valence-corrected chi connectivity index (χ4v) is 7.44. The first kappa shape index (κ1) is 28.8. The number of benzene rings is 7. The molecule has 0 atom stereocenters. The largest absolute Gasteiger partial charge is 0.309 e. The minimum Gasteiger partial charge on any atom is -0.309 e. The summed E-state index contributed by atoms with van der Waals surface area (Å²) >= 11 is 0. The molecule has 2 aromatic heterocycles. The van der Waals surface area contributed by atoms with E-state index in [1.165, 1.54) is 10.8 Å². The number of fused-ring (bicyclic) bond motifs is 6. The Hall–Kier alpha value is -7.39. The van der Waals surface area contributed by atoms with Gasteiger partial charge in [0.15, 0.2) is 5.69 Å². The van der Waals surface area contributed by atoms with Crippen LogP contribution in [0, 0.1) is 29.2 Å². The van der Waals surface area contributed by atoms with Gasteiger partial charge in [0.2, 0.25) is 0 Å². The molecule has 0 bridgehead atoms. The van der Waals surface area contributed by atoms with Crippen molar-refractivity contribution in [3.8, 4) is 45.8 Å². The van der Waals surface area contributed by atoms with Crippen LogP contribution in [0.3, 0.4) is 0 Å². The highest BCUT2D eigenvalue weighted by molar-refractivity contribution is 6.11. The summed E-state index contributed by atoms with van der Waals surface area (Å²) in [5.41, 5.74) is 11.3. The van der Waals surface area contributed by atoms with Gasteiger partial charge in [-0.05, 0) is 77.4 Å². The molecule has 0 unspecified atom stereocenters.